The topological polar surface area (TPSA) is 12.0 Å². The standard InChI is InChI=1S/C19H21N/c1-2-5-16(6-3-1)18-12-19(18)20-13-14-9-10-15-7-4-8-17(15)11-14/h1-3,5-6,9-11,18-20H,4,7-8,12-13H2. The summed E-state index contributed by atoms with van der Waals surface area (Å²) in [7, 11) is 0. The van der Waals surface area contributed by atoms with E-state index in [0.29, 0.717) is 6.04 Å². The maximum atomic E-state index is 3.71. The van der Waals surface area contributed by atoms with E-state index in [1.807, 2.05) is 0 Å². The third-order valence-electron chi connectivity index (χ3n) is 4.75. The van der Waals surface area contributed by atoms with Gasteiger partial charge in [0.2, 0.25) is 0 Å². The van der Waals surface area contributed by atoms with Crippen LogP contribution in [0.4, 0.5) is 0 Å². The Labute approximate surface area is 121 Å². The van der Waals surface area contributed by atoms with Crippen molar-refractivity contribution < 1.29 is 0 Å². The van der Waals surface area contributed by atoms with Gasteiger partial charge in [-0.15, -0.1) is 0 Å². The van der Waals surface area contributed by atoms with Gasteiger partial charge in [0.1, 0.15) is 0 Å². The van der Waals surface area contributed by atoms with Crippen LogP contribution in [-0.2, 0) is 19.4 Å². The van der Waals surface area contributed by atoms with Crippen LogP contribution in [0.25, 0.3) is 0 Å². The molecule has 0 bridgehead atoms. The van der Waals surface area contributed by atoms with E-state index in [9.17, 15) is 0 Å². The smallest absolute Gasteiger partial charge is 0.0208 e. The first-order valence-electron chi connectivity index (χ1n) is 7.79. The molecule has 0 aliphatic heterocycles. The fourth-order valence-electron chi connectivity index (χ4n) is 3.47. The highest BCUT2D eigenvalue weighted by Crippen LogP contribution is 2.40. The van der Waals surface area contributed by atoms with Gasteiger partial charge in [-0.25, -0.2) is 0 Å². The minimum atomic E-state index is 0.672. The van der Waals surface area contributed by atoms with Gasteiger partial charge in [-0.3, -0.25) is 0 Å². The van der Waals surface area contributed by atoms with Crippen molar-refractivity contribution in [3.05, 3.63) is 70.8 Å². The lowest BCUT2D eigenvalue weighted by molar-refractivity contribution is 0.672. The summed E-state index contributed by atoms with van der Waals surface area (Å²) in [6.07, 6.45) is 5.18. The van der Waals surface area contributed by atoms with E-state index in [-0.39, 0.29) is 0 Å². The third kappa shape index (κ3) is 2.38. The molecule has 2 atom stereocenters. The molecule has 2 aromatic carbocycles. The van der Waals surface area contributed by atoms with E-state index in [4.69, 9.17) is 0 Å². The Hall–Kier alpha value is -1.60. The second-order valence-corrected chi connectivity index (χ2v) is 6.20. The average Bonchev–Trinajstić information content (AvgIpc) is 3.13. The Morgan fingerprint density at radius 1 is 0.950 bits per heavy atom. The van der Waals surface area contributed by atoms with Gasteiger partial charge in [0.05, 0.1) is 0 Å². The van der Waals surface area contributed by atoms with Crippen molar-refractivity contribution in [2.45, 2.75) is 44.2 Å². The molecule has 0 aromatic heterocycles. The maximum Gasteiger partial charge on any atom is 0.0208 e. The van der Waals surface area contributed by atoms with Crippen molar-refractivity contribution in [1.82, 2.24) is 5.32 Å². The zero-order chi connectivity index (χ0) is 13.4. The molecule has 0 heterocycles. The van der Waals surface area contributed by atoms with Crippen molar-refractivity contribution in [1.29, 1.82) is 0 Å². The molecule has 0 saturated heterocycles. The van der Waals surface area contributed by atoms with Gasteiger partial charge >= 0.3 is 0 Å². The van der Waals surface area contributed by atoms with Gasteiger partial charge < -0.3 is 5.32 Å². The predicted octanol–water partition coefficient (Wildman–Crippen LogP) is 3.82. The van der Waals surface area contributed by atoms with Crippen LogP contribution in [0.15, 0.2) is 48.5 Å². The first kappa shape index (κ1) is 12.2. The first-order chi connectivity index (χ1) is 9.90. The maximum absolute atomic E-state index is 3.71. The molecule has 4 rings (SSSR count). The summed E-state index contributed by atoms with van der Waals surface area (Å²) in [5.74, 6) is 0.727. The van der Waals surface area contributed by atoms with Gasteiger partial charge in [0.15, 0.2) is 0 Å². The third-order valence-corrected chi connectivity index (χ3v) is 4.75. The molecule has 102 valence electrons. The van der Waals surface area contributed by atoms with E-state index in [0.717, 1.165) is 12.5 Å². The van der Waals surface area contributed by atoms with Gasteiger partial charge in [-0.2, -0.15) is 0 Å². The van der Waals surface area contributed by atoms with Gasteiger partial charge in [-0.05, 0) is 47.9 Å². The first-order valence-corrected chi connectivity index (χ1v) is 7.79. The van der Waals surface area contributed by atoms with Crippen molar-refractivity contribution in [2.75, 3.05) is 0 Å². The summed E-state index contributed by atoms with van der Waals surface area (Å²) < 4.78 is 0. The molecule has 20 heavy (non-hydrogen) atoms. The minimum absolute atomic E-state index is 0.672. The molecule has 1 heteroatoms. The lowest BCUT2D eigenvalue weighted by Gasteiger charge is -2.07. The molecule has 0 amide bonds. The Kier molecular flexibility index (Phi) is 3.08. The van der Waals surface area contributed by atoms with E-state index in [1.54, 1.807) is 11.1 Å². The number of benzene rings is 2. The summed E-state index contributed by atoms with van der Waals surface area (Å²) in [6, 6.07) is 18.6. The molecule has 0 spiro atoms. The van der Waals surface area contributed by atoms with Crippen LogP contribution in [0.5, 0.6) is 0 Å². The largest absolute Gasteiger partial charge is 0.309 e. The van der Waals surface area contributed by atoms with Crippen molar-refractivity contribution in [3.63, 3.8) is 0 Å². The quantitative estimate of drug-likeness (QED) is 0.884. The Morgan fingerprint density at radius 3 is 2.70 bits per heavy atom. The summed E-state index contributed by atoms with van der Waals surface area (Å²) in [5, 5.41) is 3.71. The van der Waals surface area contributed by atoms with Crippen LogP contribution in [0.1, 0.15) is 41.0 Å². The molecule has 2 aromatic rings. The number of rotatable bonds is 4. The lowest BCUT2D eigenvalue weighted by atomic mass is 10.1. The van der Waals surface area contributed by atoms with Gasteiger partial charge in [0, 0.05) is 18.5 Å². The molecule has 2 aliphatic carbocycles. The van der Waals surface area contributed by atoms with Crippen LogP contribution < -0.4 is 5.32 Å². The second-order valence-electron chi connectivity index (χ2n) is 6.20. The molecular formula is C19H21N. The molecule has 1 fully saturated rings. The lowest BCUT2D eigenvalue weighted by Crippen LogP contribution is -2.17. The van der Waals surface area contributed by atoms with Crippen LogP contribution in [0.2, 0.25) is 0 Å². The average molecular weight is 263 g/mol. The molecule has 0 radical (unpaired) electrons. The van der Waals surface area contributed by atoms with Crippen LogP contribution >= 0.6 is 0 Å². The fraction of sp³-hybridized carbons (Fsp3) is 0.368. The number of nitrogens with one attached hydrogen (secondary N) is 1. The van der Waals surface area contributed by atoms with Crippen molar-refractivity contribution in [2.24, 2.45) is 0 Å². The zero-order valence-electron chi connectivity index (χ0n) is 11.8. The molecule has 2 unspecified atom stereocenters. The predicted molar refractivity (Wildman–Crippen MR) is 82.9 cm³/mol. The normalized spacial score (nSPS) is 23.6. The molecule has 1 saturated carbocycles. The van der Waals surface area contributed by atoms with E-state index < -0.39 is 0 Å². The molecule has 2 aliphatic rings. The zero-order valence-corrected chi connectivity index (χ0v) is 11.8. The van der Waals surface area contributed by atoms with Gasteiger partial charge in [-0.1, -0.05) is 48.5 Å². The summed E-state index contributed by atoms with van der Waals surface area (Å²) >= 11 is 0. The monoisotopic (exact) mass is 263 g/mol. The Bertz CT molecular complexity index is 602. The minimum Gasteiger partial charge on any atom is -0.309 e. The number of fused-ring (bicyclic) bond motifs is 1. The van der Waals surface area contributed by atoms with Crippen molar-refractivity contribution in [3.8, 4) is 0 Å². The molecular weight excluding hydrogens is 242 g/mol. The molecule has 1 N–H and O–H groups in total. The number of hydrogen-bond donors (Lipinski definition) is 1. The Morgan fingerprint density at radius 2 is 1.80 bits per heavy atom. The van der Waals surface area contributed by atoms with E-state index in [2.05, 4.69) is 53.8 Å². The second kappa shape index (κ2) is 5.06. The van der Waals surface area contributed by atoms with E-state index >= 15 is 0 Å². The van der Waals surface area contributed by atoms with E-state index in [1.165, 1.54) is 36.8 Å². The van der Waals surface area contributed by atoms with Crippen LogP contribution in [0, 0.1) is 0 Å². The number of hydrogen-bond acceptors (Lipinski definition) is 1. The summed E-state index contributed by atoms with van der Waals surface area (Å²) in [6.45, 7) is 1.02. The fourth-order valence-corrected chi connectivity index (χ4v) is 3.47. The number of aryl methyl sites for hydroxylation is 2. The Balaban J connectivity index is 1.36. The SMILES string of the molecule is c1ccc(C2CC2NCc2ccc3c(c2)CCC3)cc1. The summed E-state index contributed by atoms with van der Waals surface area (Å²) in [4.78, 5) is 0. The van der Waals surface area contributed by atoms with Crippen molar-refractivity contribution >= 4 is 0 Å². The van der Waals surface area contributed by atoms with Gasteiger partial charge in [0.25, 0.3) is 0 Å². The highest BCUT2D eigenvalue weighted by atomic mass is 15.0. The summed E-state index contributed by atoms with van der Waals surface area (Å²) in [5.41, 5.74) is 6.09. The highest BCUT2D eigenvalue weighted by Gasteiger charge is 2.37. The van der Waals surface area contributed by atoms with Crippen LogP contribution in [0.3, 0.4) is 0 Å². The van der Waals surface area contributed by atoms with Crippen LogP contribution in [-0.4, -0.2) is 6.04 Å². The highest BCUT2D eigenvalue weighted by molar-refractivity contribution is 5.35. The molecule has 1 nitrogen and oxygen atoms in total.